The molecule has 2 aromatic carbocycles. The molecule has 0 aliphatic rings. The van der Waals surface area contributed by atoms with Gasteiger partial charge in [-0.05, 0) is 58.9 Å². The lowest BCUT2D eigenvalue weighted by Gasteiger charge is -2.25. The molecule has 0 aliphatic heterocycles. The van der Waals surface area contributed by atoms with Crippen LogP contribution in [-0.2, 0) is 0 Å². The summed E-state index contributed by atoms with van der Waals surface area (Å²) in [6, 6.07) is 8.53. The van der Waals surface area contributed by atoms with Crippen molar-refractivity contribution >= 4 is 51.5 Å². The Morgan fingerprint density at radius 1 is 0.744 bits per heavy atom. The molecule has 0 saturated heterocycles. The predicted octanol–water partition coefficient (Wildman–Crippen LogP) is 10.6. The second kappa shape index (κ2) is 13.3. The number of hydrogen-bond donors (Lipinski definition) is 0. The van der Waals surface area contributed by atoms with E-state index in [0.717, 1.165) is 66.4 Å². The Labute approximate surface area is 235 Å². The zero-order valence-electron chi connectivity index (χ0n) is 23.5. The molecule has 39 heavy (non-hydrogen) atoms. The third kappa shape index (κ3) is 5.24. The SMILES string of the molecule is C=C/C=C\C(=C/C=C)c1c(/C(C=C)=C/C)c(/C(C)=C/C=C)c(/C(C=C)=C/C=C)c2c3ccccc3n([B]C)c12. The van der Waals surface area contributed by atoms with Gasteiger partial charge in [0.15, 0.2) is 0 Å². The van der Waals surface area contributed by atoms with Crippen molar-refractivity contribution in [3.63, 3.8) is 0 Å². The number of fused-ring (bicyclic) bond motifs is 3. The average molecular weight is 507 g/mol. The summed E-state index contributed by atoms with van der Waals surface area (Å²) in [5, 5.41) is 2.30. The molecule has 0 unspecified atom stereocenters. The second-order valence-electron chi connectivity index (χ2n) is 8.92. The Morgan fingerprint density at radius 3 is 1.95 bits per heavy atom. The topological polar surface area (TPSA) is 4.93 Å². The number of aromatic nitrogens is 1. The van der Waals surface area contributed by atoms with E-state index in [1.807, 2.05) is 49.5 Å². The molecule has 1 heterocycles. The lowest BCUT2D eigenvalue weighted by molar-refractivity contribution is 1.34. The number of nitrogens with zero attached hydrogens (tertiary/aromatic N) is 1. The summed E-state index contributed by atoms with van der Waals surface area (Å²) in [6.45, 7) is 30.6. The molecule has 1 aromatic heterocycles. The van der Waals surface area contributed by atoms with E-state index in [9.17, 15) is 0 Å². The molecular formula is C37H37BN. The van der Waals surface area contributed by atoms with Crippen molar-refractivity contribution in [2.24, 2.45) is 0 Å². The minimum Gasteiger partial charge on any atom is -0.390 e. The summed E-state index contributed by atoms with van der Waals surface area (Å²) in [7, 11) is 2.13. The number of allylic oxidation sites excluding steroid dienone is 16. The van der Waals surface area contributed by atoms with Crippen molar-refractivity contribution in [2.45, 2.75) is 20.7 Å². The first-order valence-electron chi connectivity index (χ1n) is 13.1. The maximum atomic E-state index is 4.21. The quantitative estimate of drug-likeness (QED) is 0.170. The number of rotatable bonds is 12. The van der Waals surface area contributed by atoms with Gasteiger partial charge >= 0.3 is 0 Å². The first-order chi connectivity index (χ1) is 19.0. The summed E-state index contributed by atoms with van der Waals surface area (Å²) in [5.74, 6) is 0. The molecule has 3 rings (SSSR count). The van der Waals surface area contributed by atoms with Crippen LogP contribution in [0, 0.1) is 0 Å². The summed E-state index contributed by atoms with van der Waals surface area (Å²) in [4.78, 5) is 0. The van der Waals surface area contributed by atoms with Gasteiger partial charge in [0.2, 0.25) is 7.41 Å². The van der Waals surface area contributed by atoms with Crippen LogP contribution in [0.5, 0.6) is 0 Å². The van der Waals surface area contributed by atoms with Gasteiger partial charge in [-0.1, -0.05) is 137 Å². The third-order valence-electron chi connectivity index (χ3n) is 6.79. The molecule has 193 valence electrons. The van der Waals surface area contributed by atoms with E-state index in [2.05, 4.69) is 114 Å². The molecule has 0 atom stereocenters. The lowest BCUT2D eigenvalue weighted by atomic mass is 9.79. The molecule has 0 N–H and O–H groups in total. The lowest BCUT2D eigenvalue weighted by Crippen LogP contribution is -2.08. The van der Waals surface area contributed by atoms with Crippen molar-refractivity contribution in [2.75, 3.05) is 0 Å². The van der Waals surface area contributed by atoms with Gasteiger partial charge in [-0.3, -0.25) is 0 Å². The predicted molar refractivity (Wildman–Crippen MR) is 180 cm³/mol. The maximum Gasteiger partial charge on any atom is 0.249 e. The smallest absolute Gasteiger partial charge is 0.249 e. The Morgan fingerprint density at radius 2 is 1.38 bits per heavy atom. The molecule has 3 aromatic rings. The van der Waals surface area contributed by atoms with Crippen molar-refractivity contribution in [3.05, 3.63) is 159 Å². The van der Waals surface area contributed by atoms with Gasteiger partial charge in [0.05, 0.1) is 0 Å². The van der Waals surface area contributed by atoms with Crippen LogP contribution in [0.1, 0.15) is 36.1 Å². The number of benzene rings is 2. The van der Waals surface area contributed by atoms with E-state index < -0.39 is 0 Å². The standard InChI is InChI=1S/C37H37BN/c1-10-17-23-29(22-13-4)35-33(27(14-5)15-6)32(26(8)20-11-2)34(28(16-7)21-12-3)36-30-24-18-19-25-31(30)39(38-9)37(35)36/h10-25H,1-5,7H2,6,8-9H3/b23-17-,26-20+,27-15+,28-21+,29-22+. The second-order valence-corrected chi connectivity index (χ2v) is 8.92. The maximum absolute atomic E-state index is 4.21. The van der Waals surface area contributed by atoms with E-state index >= 15 is 0 Å². The van der Waals surface area contributed by atoms with E-state index in [4.69, 9.17) is 0 Å². The summed E-state index contributed by atoms with van der Waals surface area (Å²) < 4.78 is 2.28. The fraction of sp³-hybridized carbons (Fsp3) is 0.0811. The van der Waals surface area contributed by atoms with Crippen molar-refractivity contribution in [1.82, 2.24) is 4.48 Å². The highest BCUT2D eigenvalue weighted by molar-refractivity contribution is 6.39. The number of para-hydroxylation sites is 1. The van der Waals surface area contributed by atoms with Gasteiger partial charge in [0, 0.05) is 27.4 Å². The van der Waals surface area contributed by atoms with Crippen LogP contribution in [0.15, 0.2) is 137 Å². The molecule has 0 fully saturated rings. The van der Waals surface area contributed by atoms with E-state index in [1.54, 1.807) is 6.08 Å². The highest BCUT2D eigenvalue weighted by Crippen LogP contribution is 2.47. The molecule has 0 bridgehead atoms. The van der Waals surface area contributed by atoms with Crippen molar-refractivity contribution in [3.8, 4) is 0 Å². The van der Waals surface area contributed by atoms with Gasteiger partial charge in [0.1, 0.15) is 0 Å². The van der Waals surface area contributed by atoms with E-state index in [1.165, 1.54) is 0 Å². The summed E-state index contributed by atoms with van der Waals surface area (Å²) in [5.41, 5.74) is 10.7. The van der Waals surface area contributed by atoms with E-state index in [-0.39, 0.29) is 0 Å². The first kappa shape index (κ1) is 29.0. The third-order valence-corrected chi connectivity index (χ3v) is 6.79. The molecule has 1 nitrogen and oxygen atoms in total. The van der Waals surface area contributed by atoms with Crippen LogP contribution < -0.4 is 0 Å². The molecule has 0 amide bonds. The molecule has 0 aliphatic carbocycles. The average Bonchev–Trinajstić information content (AvgIpc) is 3.28. The first-order valence-corrected chi connectivity index (χ1v) is 13.1. The van der Waals surface area contributed by atoms with Gasteiger partial charge in [0.25, 0.3) is 0 Å². The Kier molecular flexibility index (Phi) is 9.89. The van der Waals surface area contributed by atoms with Crippen LogP contribution in [0.25, 0.3) is 44.1 Å². The summed E-state index contributed by atoms with van der Waals surface area (Å²) in [6.07, 6.45) is 23.4. The zero-order chi connectivity index (χ0) is 28.5. The summed E-state index contributed by atoms with van der Waals surface area (Å²) >= 11 is 0. The van der Waals surface area contributed by atoms with Crippen LogP contribution >= 0.6 is 0 Å². The van der Waals surface area contributed by atoms with Crippen molar-refractivity contribution < 1.29 is 0 Å². The van der Waals surface area contributed by atoms with Crippen LogP contribution in [0.2, 0.25) is 6.82 Å². The fourth-order valence-electron chi connectivity index (χ4n) is 5.30. The van der Waals surface area contributed by atoms with Gasteiger partial charge in [-0.2, -0.15) is 0 Å². The minimum atomic E-state index is 0.990. The number of hydrogen-bond acceptors (Lipinski definition) is 0. The highest BCUT2D eigenvalue weighted by Gasteiger charge is 2.28. The van der Waals surface area contributed by atoms with Crippen LogP contribution in [-0.4, -0.2) is 11.9 Å². The monoisotopic (exact) mass is 506 g/mol. The molecule has 0 spiro atoms. The van der Waals surface area contributed by atoms with Crippen molar-refractivity contribution in [1.29, 1.82) is 0 Å². The van der Waals surface area contributed by atoms with Gasteiger partial charge in [-0.15, -0.1) is 0 Å². The largest absolute Gasteiger partial charge is 0.390 e. The molecule has 2 heteroatoms. The molecule has 1 radical (unpaired) electrons. The van der Waals surface area contributed by atoms with Gasteiger partial charge in [-0.25, -0.2) is 0 Å². The van der Waals surface area contributed by atoms with Gasteiger partial charge < -0.3 is 4.48 Å². The normalized spacial score (nSPS) is 13.1. The Hall–Kier alpha value is -4.56. The minimum absolute atomic E-state index is 0.990. The Bertz CT molecular complexity index is 1640. The van der Waals surface area contributed by atoms with Crippen LogP contribution in [0.3, 0.4) is 0 Å². The Balaban J connectivity index is 3.01. The molecular weight excluding hydrogens is 469 g/mol. The van der Waals surface area contributed by atoms with Crippen LogP contribution in [0.4, 0.5) is 0 Å². The highest BCUT2D eigenvalue weighted by atomic mass is 14.9. The fourth-order valence-corrected chi connectivity index (χ4v) is 5.30. The zero-order valence-corrected chi connectivity index (χ0v) is 23.5. The molecule has 0 saturated carbocycles. The van der Waals surface area contributed by atoms with E-state index in [0.29, 0.717) is 0 Å².